The molecule has 0 aliphatic carbocycles. The van der Waals surface area contributed by atoms with E-state index in [4.69, 9.17) is 14.2 Å². The van der Waals surface area contributed by atoms with Crippen LogP contribution >= 0.6 is 0 Å². The van der Waals surface area contributed by atoms with Gasteiger partial charge in [0.05, 0.1) is 10.5 Å². The number of hydrogen-bond donors (Lipinski definition) is 0. The van der Waals surface area contributed by atoms with Crippen molar-refractivity contribution in [1.82, 2.24) is 0 Å². The van der Waals surface area contributed by atoms with Crippen LogP contribution in [0.1, 0.15) is 15.9 Å². The standard InChI is InChI=1S/C20H15NO7/c1-2-9-26-19(22)12-27-15-7-8-16-17(11-15)28-18(20(16)23)10-13-3-5-14(6-4-13)21(24)25/h2-8,10-11H,1,9,12H2. The molecule has 0 N–H and O–H groups in total. The van der Waals surface area contributed by atoms with Crippen LogP contribution in [-0.2, 0) is 9.53 Å². The number of hydrogen-bond acceptors (Lipinski definition) is 7. The van der Waals surface area contributed by atoms with Gasteiger partial charge in [-0.3, -0.25) is 14.9 Å². The summed E-state index contributed by atoms with van der Waals surface area (Å²) in [6, 6.07) is 10.3. The Labute approximate surface area is 159 Å². The first kappa shape index (κ1) is 18.8. The lowest BCUT2D eigenvalue weighted by atomic mass is 10.1. The molecule has 2 aromatic carbocycles. The Morgan fingerprint density at radius 2 is 1.96 bits per heavy atom. The second-order valence-corrected chi connectivity index (χ2v) is 5.71. The van der Waals surface area contributed by atoms with Crippen LogP contribution in [0.15, 0.2) is 60.9 Å². The van der Waals surface area contributed by atoms with Crippen molar-refractivity contribution >= 4 is 23.5 Å². The van der Waals surface area contributed by atoms with Gasteiger partial charge in [-0.2, -0.15) is 0 Å². The number of Topliss-reactive ketones (excluding diaryl/α,β-unsaturated/α-hetero) is 1. The monoisotopic (exact) mass is 381 g/mol. The number of benzene rings is 2. The summed E-state index contributed by atoms with van der Waals surface area (Å²) < 4.78 is 15.7. The number of carbonyl (C=O) groups is 2. The first-order valence-corrected chi connectivity index (χ1v) is 8.20. The van der Waals surface area contributed by atoms with E-state index in [9.17, 15) is 19.7 Å². The summed E-state index contributed by atoms with van der Waals surface area (Å²) in [5.41, 5.74) is 0.899. The van der Waals surface area contributed by atoms with Gasteiger partial charge in [0.1, 0.15) is 18.1 Å². The van der Waals surface area contributed by atoms with E-state index in [-0.39, 0.29) is 30.4 Å². The summed E-state index contributed by atoms with van der Waals surface area (Å²) >= 11 is 0. The van der Waals surface area contributed by atoms with Gasteiger partial charge in [-0.05, 0) is 35.9 Å². The smallest absolute Gasteiger partial charge is 0.344 e. The number of ketones is 1. The number of ether oxygens (including phenoxy) is 3. The van der Waals surface area contributed by atoms with Crippen molar-refractivity contribution in [2.75, 3.05) is 13.2 Å². The van der Waals surface area contributed by atoms with Gasteiger partial charge in [-0.15, -0.1) is 0 Å². The highest BCUT2D eigenvalue weighted by Gasteiger charge is 2.27. The van der Waals surface area contributed by atoms with E-state index < -0.39 is 10.9 Å². The molecule has 8 heteroatoms. The molecule has 0 saturated carbocycles. The zero-order valence-corrected chi connectivity index (χ0v) is 14.6. The van der Waals surface area contributed by atoms with E-state index in [1.807, 2.05) is 0 Å². The van der Waals surface area contributed by atoms with E-state index >= 15 is 0 Å². The molecule has 0 unspecified atom stereocenters. The summed E-state index contributed by atoms with van der Waals surface area (Å²) in [7, 11) is 0. The molecule has 8 nitrogen and oxygen atoms in total. The molecule has 0 saturated heterocycles. The number of nitrogens with zero attached hydrogens (tertiary/aromatic N) is 1. The van der Waals surface area contributed by atoms with E-state index in [2.05, 4.69) is 6.58 Å². The molecule has 0 bridgehead atoms. The van der Waals surface area contributed by atoms with Crippen LogP contribution in [0.3, 0.4) is 0 Å². The van der Waals surface area contributed by atoms with Gasteiger partial charge in [-0.1, -0.05) is 12.7 Å². The zero-order valence-electron chi connectivity index (χ0n) is 14.6. The lowest BCUT2D eigenvalue weighted by Gasteiger charge is -2.06. The van der Waals surface area contributed by atoms with Gasteiger partial charge in [0, 0.05) is 18.2 Å². The molecule has 0 radical (unpaired) electrons. The van der Waals surface area contributed by atoms with Crippen molar-refractivity contribution in [3.05, 3.63) is 82.1 Å². The fourth-order valence-electron chi connectivity index (χ4n) is 2.44. The number of allylic oxidation sites excluding steroid dienone is 1. The second-order valence-electron chi connectivity index (χ2n) is 5.71. The molecule has 28 heavy (non-hydrogen) atoms. The molecular formula is C20H15NO7. The number of esters is 1. The first-order valence-electron chi connectivity index (χ1n) is 8.20. The van der Waals surface area contributed by atoms with Gasteiger partial charge >= 0.3 is 5.97 Å². The maximum absolute atomic E-state index is 12.4. The molecule has 0 atom stereocenters. The molecule has 0 amide bonds. The Morgan fingerprint density at radius 3 is 2.64 bits per heavy atom. The van der Waals surface area contributed by atoms with E-state index in [0.717, 1.165) is 0 Å². The normalized spacial score (nSPS) is 13.6. The Bertz CT molecular complexity index is 977. The summed E-state index contributed by atoms with van der Waals surface area (Å²) in [4.78, 5) is 34.1. The van der Waals surface area contributed by atoms with Gasteiger partial charge in [0.25, 0.3) is 5.69 Å². The van der Waals surface area contributed by atoms with Crippen LogP contribution in [-0.4, -0.2) is 29.9 Å². The van der Waals surface area contributed by atoms with Crippen molar-refractivity contribution in [3.8, 4) is 11.5 Å². The van der Waals surface area contributed by atoms with E-state index in [1.165, 1.54) is 42.5 Å². The highest BCUT2D eigenvalue weighted by atomic mass is 16.6. The number of non-ortho nitro benzene ring substituents is 1. The van der Waals surface area contributed by atoms with Crippen LogP contribution < -0.4 is 9.47 Å². The average Bonchev–Trinajstić information content (AvgIpc) is 3.00. The maximum Gasteiger partial charge on any atom is 0.344 e. The number of carbonyl (C=O) groups excluding carboxylic acids is 2. The molecular weight excluding hydrogens is 366 g/mol. The largest absolute Gasteiger partial charge is 0.482 e. The van der Waals surface area contributed by atoms with Crippen molar-refractivity contribution < 1.29 is 28.7 Å². The predicted octanol–water partition coefficient (Wildman–Crippen LogP) is 3.32. The van der Waals surface area contributed by atoms with Gasteiger partial charge in [0.15, 0.2) is 12.4 Å². The third kappa shape index (κ3) is 4.24. The van der Waals surface area contributed by atoms with Gasteiger partial charge < -0.3 is 14.2 Å². The number of nitro groups is 1. The Morgan fingerprint density at radius 1 is 1.21 bits per heavy atom. The molecule has 3 rings (SSSR count). The summed E-state index contributed by atoms with van der Waals surface area (Å²) in [5.74, 6) is -0.123. The van der Waals surface area contributed by atoms with E-state index in [0.29, 0.717) is 22.6 Å². The minimum Gasteiger partial charge on any atom is -0.482 e. The fourth-order valence-corrected chi connectivity index (χ4v) is 2.44. The molecule has 1 aliphatic rings. The lowest BCUT2D eigenvalue weighted by Crippen LogP contribution is -2.14. The molecule has 0 spiro atoms. The Kier molecular flexibility index (Phi) is 5.50. The fraction of sp³-hybridized carbons (Fsp3) is 0.100. The molecule has 1 aliphatic heterocycles. The average molecular weight is 381 g/mol. The summed E-state index contributed by atoms with van der Waals surface area (Å²) in [6.07, 6.45) is 2.95. The molecule has 2 aromatic rings. The topological polar surface area (TPSA) is 105 Å². The van der Waals surface area contributed by atoms with Gasteiger partial charge in [-0.25, -0.2) is 4.79 Å². The Hall–Kier alpha value is -3.94. The molecule has 0 fully saturated rings. The number of fused-ring (bicyclic) bond motifs is 1. The third-order valence-corrected chi connectivity index (χ3v) is 3.76. The quantitative estimate of drug-likeness (QED) is 0.238. The number of nitro benzene ring substituents is 1. The van der Waals surface area contributed by atoms with Crippen molar-refractivity contribution in [3.63, 3.8) is 0 Å². The first-order chi connectivity index (χ1) is 13.5. The lowest BCUT2D eigenvalue weighted by molar-refractivity contribution is -0.384. The summed E-state index contributed by atoms with van der Waals surface area (Å²) in [5, 5.41) is 10.7. The minimum atomic E-state index is -0.545. The molecule has 1 heterocycles. The van der Waals surface area contributed by atoms with Crippen LogP contribution in [0.2, 0.25) is 0 Å². The van der Waals surface area contributed by atoms with Crippen LogP contribution in [0, 0.1) is 10.1 Å². The van der Waals surface area contributed by atoms with Crippen molar-refractivity contribution in [2.24, 2.45) is 0 Å². The maximum atomic E-state index is 12.4. The van der Waals surface area contributed by atoms with Crippen LogP contribution in [0.4, 0.5) is 5.69 Å². The highest BCUT2D eigenvalue weighted by molar-refractivity contribution is 6.14. The Balaban J connectivity index is 1.71. The van der Waals surface area contributed by atoms with Gasteiger partial charge in [0.2, 0.25) is 5.78 Å². The number of rotatable bonds is 7. The van der Waals surface area contributed by atoms with Crippen molar-refractivity contribution in [2.45, 2.75) is 0 Å². The zero-order chi connectivity index (χ0) is 20.1. The van der Waals surface area contributed by atoms with Crippen LogP contribution in [0.5, 0.6) is 11.5 Å². The third-order valence-electron chi connectivity index (χ3n) is 3.76. The minimum absolute atomic E-state index is 0.0440. The summed E-state index contributed by atoms with van der Waals surface area (Å²) in [6.45, 7) is 3.26. The molecule has 142 valence electrons. The highest BCUT2D eigenvalue weighted by Crippen LogP contribution is 2.35. The predicted molar refractivity (Wildman–Crippen MR) is 99.1 cm³/mol. The molecule has 0 aromatic heterocycles. The van der Waals surface area contributed by atoms with Crippen LogP contribution in [0.25, 0.3) is 6.08 Å². The van der Waals surface area contributed by atoms with Crippen molar-refractivity contribution in [1.29, 1.82) is 0 Å². The SMILES string of the molecule is C=CCOC(=O)COc1ccc2c(c1)OC(=Cc1ccc([N+](=O)[O-])cc1)C2=O. The second kappa shape index (κ2) is 8.17. The van der Waals surface area contributed by atoms with E-state index in [1.54, 1.807) is 12.1 Å².